The van der Waals surface area contributed by atoms with Gasteiger partial charge in [-0.3, -0.25) is 9.00 Å². The van der Waals surface area contributed by atoms with Crippen molar-refractivity contribution >= 4 is 22.4 Å². The molecular weight excluding hydrogens is 190 g/mol. The Bertz CT molecular complexity index is 353. The van der Waals surface area contributed by atoms with Crippen LogP contribution in [-0.2, 0) is 15.6 Å². The van der Waals surface area contributed by atoms with Crippen molar-refractivity contribution < 1.29 is 9.00 Å². The molecule has 0 spiro atoms. The van der Waals surface area contributed by atoms with Crippen molar-refractivity contribution in [2.75, 3.05) is 11.5 Å². The third-order valence-corrected chi connectivity index (χ3v) is 2.61. The predicted molar refractivity (Wildman–Crippen MR) is 49.1 cm³/mol. The van der Waals surface area contributed by atoms with Crippen LogP contribution in [0, 0.1) is 0 Å². The van der Waals surface area contributed by atoms with Crippen molar-refractivity contribution in [3.8, 4) is 0 Å². The molecule has 0 fully saturated rings. The van der Waals surface area contributed by atoms with E-state index in [4.69, 9.17) is 11.5 Å². The van der Waals surface area contributed by atoms with Crippen molar-refractivity contribution in [2.24, 2.45) is 5.73 Å². The zero-order valence-corrected chi connectivity index (χ0v) is 7.58. The number of carbonyl (C=O) groups is 1. The van der Waals surface area contributed by atoms with E-state index < -0.39 is 16.7 Å². The molecule has 13 heavy (non-hydrogen) atoms. The smallest absolute Gasteiger partial charge is 0.230 e. The molecule has 1 atom stereocenters. The van der Waals surface area contributed by atoms with Crippen LogP contribution in [0.1, 0.15) is 0 Å². The molecule has 5 nitrogen and oxygen atoms in total. The van der Waals surface area contributed by atoms with Crippen LogP contribution < -0.4 is 11.5 Å². The van der Waals surface area contributed by atoms with E-state index in [0.717, 1.165) is 0 Å². The Morgan fingerprint density at radius 1 is 1.62 bits per heavy atom. The topological polar surface area (TPSA) is 99.1 Å². The fourth-order valence-corrected chi connectivity index (χ4v) is 1.70. The molecule has 0 aromatic carbocycles. The Balaban J connectivity index is 2.89. The quantitative estimate of drug-likeness (QED) is 0.669. The van der Waals surface area contributed by atoms with Gasteiger partial charge in [-0.25, -0.2) is 4.98 Å². The highest BCUT2D eigenvalue weighted by Crippen LogP contribution is 2.11. The lowest BCUT2D eigenvalue weighted by Gasteiger charge is -2.01. The molecule has 1 aromatic heterocycles. The van der Waals surface area contributed by atoms with E-state index in [1.54, 1.807) is 12.1 Å². The Kier molecular flexibility index (Phi) is 2.97. The first kappa shape index (κ1) is 9.66. The molecule has 1 aromatic rings. The van der Waals surface area contributed by atoms with Gasteiger partial charge in [0, 0.05) is 6.20 Å². The van der Waals surface area contributed by atoms with Gasteiger partial charge < -0.3 is 11.5 Å². The van der Waals surface area contributed by atoms with Gasteiger partial charge in [0.15, 0.2) is 5.03 Å². The predicted octanol–water partition coefficient (Wildman–Crippen LogP) is -0.743. The van der Waals surface area contributed by atoms with E-state index in [-0.39, 0.29) is 10.8 Å². The second-order valence-corrected chi connectivity index (χ2v) is 3.72. The van der Waals surface area contributed by atoms with Crippen LogP contribution in [0.25, 0.3) is 0 Å². The first-order valence-corrected chi connectivity index (χ1v) is 4.80. The maximum Gasteiger partial charge on any atom is 0.230 e. The first-order valence-electron chi connectivity index (χ1n) is 3.48. The number of carbonyl (C=O) groups excluding carboxylic acids is 1. The molecule has 0 aliphatic rings. The summed E-state index contributed by atoms with van der Waals surface area (Å²) in [4.78, 5) is 14.3. The molecule has 1 unspecified atom stereocenters. The number of nitrogens with two attached hydrogens (primary N) is 2. The SMILES string of the molecule is NC(=O)CS(=O)c1ncccc1N. The van der Waals surface area contributed by atoms with Crippen LogP contribution >= 0.6 is 0 Å². The fraction of sp³-hybridized carbons (Fsp3) is 0.143. The van der Waals surface area contributed by atoms with Crippen molar-refractivity contribution in [1.82, 2.24) is 4.98 Å². The number of hydrogen-bond donors (Lipinski definition) is 2. The second kappa shape index (κ2) is 3.99. The zero-order valence-electron chi connectivity index (χ0n) is 6.77. The van der Waals surface area contributed by atoms with E-state index in [1.807, 2.05) is 0 Å². The lowest BCUT2D eigenvalue weighted by atomic mass is 10.4. The van der Waals surface area contributed by atoms with Crippen molar-refractivity contribution in [1.29, 1.82) is 0 Å². The number of rotatable bonds is 3. The van der Waals surface area contributed by atoms with E-state index in [1.165, 1.54) is 6.20 Å². The van der Waals surface area contributed by atoms with E-state index >= 15 is 0 Å². The van der Waals surface area contributed by atoms with Gasteiger partial charge in [-0.2, -0.15) is 0 Å². The van der Waals surface area contributed by atoms with Crippen molar-refractivity contribution in [3.63, 3.8) is 0 Å². The first-order chi connectivity index (χ1) is 6.11. The number of nitrogen functional groups attached to an aromatic ring is 1. The summed E-state index contributed by atoms with van der Waals surface area (Å²) in [5.41, 5.74) is 10.7. The Morgan fingerprint density at radius 2 is 2.31 bits per heavy atom. The summed E-state index contributed by atoms with van der Waals surface area (Å²) in [5, 5.41) is 0.210. The van der Waals surface area contributed by atoms with Gasteiger partial charge in [0.25, 0.3) is 0 Å². The standard InChI is InChI=1S/C7H9N3O2S/c8-5-2-1-3-10-7(5)13(12)4-6(9)11/h1-3H,4,8H2,(H2,9,11). The van der Waals surface area contributed by atoms with Gasteiger partial charge in [0.2, 0.25) is 5.91 Å². The lowest BCUT2D eigenvalue weighted by molar-refractivity contribution is -0.115. The van der Waals surface area contributed by atoms with Gasteiger partial charge in [-0.15, -0.1) is 0 Å². The zero-order chi connectivity index (χ0) is 9.84. The van der Waals surface area contributed by atoms with E-state index in [0.29, 0.717) is 5.69 Å². The largest absolute Gasteiger partial charge is 0.396 e. The highest BCUT2D eigenvalue weighted by atomic mass is 32.2. The molecule has 1 amide bonds. The molecule has 0 aliphatic carbocycles. The summed E-state index contributed by atoms with van der Waals surface area (Å²) >= 11 is 0. The van der Waals surface area contributed by atoms with Crippen LogP contribution in [-0.4, -0.2) is 20.9 Å². The minimum atomic E-state index is -1.54. The summed E-state index contributed by atoms with van der Waals surface area (Å²) in [6.45, 7) is 0. The molecule has 1 rings (SSSR count). The van der Waals surface area contributed by atoms with Crippen LogP contribution in [0.2, 0.25) is 0 Å². The molecule has 70 valence electrons. The number of pyridine rings is 1. The molecule has 0 bridgehead atoms. The van der Waals surface area contributed by atoms with Gasteiger partial charge >= 0.3 is 0 Å². The van der Waals surface area contributed by atoms with Gasteiger partial charge in [-0.1, -0.05) is 0 Å². The summed E-state index contributed by atoms with van der Waals surface area (Å²) in [6, 6.07) is 3.20. The highest BCUT2D eigenvalue weighted by molar-refractivity contribution is 7.85. The van der Waals surface area contributed by atoms with Crippen LogP contribution in [0.5, 0.6) is 0 Å². The van der Waals surface area contributed by atoms with Gasteiger partial charge in [0.1, 0.15) is 5.75 Å². The van der Waals surface area contributed by atoms with Crippen molar-refractivity contribution in [2.45, 2.75) is 5.03 Å². The fourth-order valence-electron chi connectivity index (χ4n) is 0.791. The molecule has 0 saturated carbocycles. The molecular formula is C7H9N3O2S. The third-order valence-electron chi connectivity index (χ3n) is 1.29. The number of anilines is 1. The number of nitrogens with zero attached hydrogens (tertiary/aromatic N) is 1. The minimum Gasteiger partial charge on any atom is -0.396 e. The van der Waals surface area contributed by atoms with Gasteiger partial charge in [0.05, 0.1) is 16.5 Å². The van der Waals surface area contributed by atoms with Crippen LogP contribution in [0.15, 0.2) is 23.4 Å². The highest BCUT2D eigenvalue weighted by Gasteiger charge is 2.11. The molecule has 1 heterocycles. The van der Waals surface area contributed by atoms with E-state index in [9.17, 15) is 9.00 Å². The molecule has 6 heteroatoms. The average Bonchev–Trinajstić information content (AvgIpc) is 2.03. The Labute approximate surface area is 77.6 Å². The van der Waals surface area contributed by atoms with Crippen LogP contribution in [0.3, 0.4) is 0 Å². The maximum absolute atomic E-state index is 11.3. The second-order valence-electron chi connectivity index (χ2n) is 2.35. The molecule has 0 radical (unpaired) electrons. The average molecular weight is 199 g/mol. The monoisotopic (exact) mass is 199 g/mol. The summed E-state index contributed by atoms with van der Waals surface area (Å²) in [7, 11) is -1.54. The molecule has 4 N–H and O–H groups in total. The Hall–Kier alpha value is -1.43. The van der Waals surface area contributed by atoms with E-state index in [2.05, 4.69) is 4.98 Å². The summed E-state index contributed by atoms with van der Waals surface area (Å²) in [5.74, 6) is -0.885. The lowest BCUT2D eigenvalue weighted by Crippen LogP contribution is -2.20. The number of aromatic nitrogens is 1. The number of primary amides is 1. The summed E-state index contributed by atoms with van der Waals surface area (Å²) in [6.07, 6.45) is 1.46. The molecule has 0 saturated heterocycles. The molecule has 0 aliphatic heterocycles. The minimum absolute atomic E-state index is 0.210. The Morgan fingerprint density at radius 3 is 2.85 bits per heavy atom. The number of hydrogen-bond acceptors (Lipinski definition) is 4. The summed E-state index contributed by atoms with van der Waals surface area (Å²) < 4.78 is 11.3. The normalized spacial score (nSPS) is 12.3. The number of amides is 1. The van der Waals surface area contributed by atoms with Crippen molar-refractivity contribution in [3.05, 3.63) is 18.3 Å². The maximum atomic E-state index is 11.3. The third kappa shape index (κ3) is 2.51. The van der Waals surface area contributed by atoms with Crippen LogP contribution in [0.4, 0.5) is 5.69 Å². The van der Waals surface area contributed by atoms with Gasteiger partial charge in [-0.05, 0) is 12.1 Å².